The third-order valence-electron chi connectivity index (χ3n) is 4.60. The Morgan fingerprint density at radius 2 is 1.45 bits per heavy atom. The first kappa shape index (κ1) is 27.8. The van der Waals surface area contributed by atoms with Gasteiger partial charge in [0.2, 0.25) is 29.5 Å². The van der Waals surface area contributed by atoms with E-state index in [1.54, 1.807) is 13.8 Å². The first-order chi connectivity index (χ1) is 14.3. The molecule has 0 aliphatic rings. The summed E-state index contributed by atoms with van der Waals surface area (Å²) in [5.41, 5.74) is 15.6. The molecule has 0 saturated heterocycles. The van der Waals surface area contributed by atoms with Gasteiger partial charge in [-0.3, -0.25) is 24.0 Å². The molecule has 176 valence electrons. The van der Waals surface area contributed by atoms with E-state index in [4.69, 9.17) is 17.2 Å². The number of amides is 5. The summed E-state index contributed by atoms with van der Waals surface area (Å²) in [4.78, 5) is 70.4. The van der Waals surface area contributed by atoms with E-state index >= 15 is 0 Å². The Morgan fingerprint density at radius 3 is 1.90 bits per heavy atom. The lowest BCUT2D eigenvalue weighted by molar-refractivity contribution is -0.144. The highest BCUT2D eigenvalue weighted by Gasteiger charge is 2.31. The monoisotopic (exact) mass is 444 g/mol. The van der Waals surface area contributed by atoms with Crippen molar-refractivity contribution in [2.75, 3.05) is 0 Å². The average molecular weight is 444 g/mol. The van der Waals surface area contributed by atoms with Crippen molar-refractivity contribution in [2.45, 2.75) is 70.6 Å². The van der Waals surface area contributed by atoms with Crippen LogP contribution in [0.1, 0.15) is 46.5 Å². The number of aliphatic carboxylic acids is 1. The second kappa shape index (κ2) is 13.2. The van der Waals surface area contributed by atoms with E-state index in [2.05, 4.69) is 16.0 Å². The van der Waals surface area contributed by atoms with Gasteiger partial charge < -0.3 is 38.3 Å². The molecule has 0 spiro atoms. The van der Waals surface area contributed by atoms with Crippen LogP contribution in [0.15, 0.2) is 0 Å². The zero-order valence-electron chi connectivity index (χ0n) is 17.8. The van der Waals surface area contributed by atoms with E-state index in [0.29, 0.717) is 6.42 Å². The maximum Gasteiger partial charge on any atom is 0.326 e. The SMILES string of the molecule is CCC(C)C(NC(=O)C(CCC(N)=O)NC(=O)C(C)NC(=O)C(N)CC(N)=O)C(=O)O. The number of carboxylic acids is 1. The zero-order chi connectivity index (χ0) is 24.3. The first-order valence-electron chi connectivity index (χ1n) is 9.76. The summed E-state index contributed by atoms with van der Waals surface area (Å²) < 4.78 is 0. The van der Waals surface area contributed by atoms with Crippen molar-refractivity contribution in [3.8, 4) is 0 Å². The Kier molecular flexibility index (Phi) is 11.8. The molecule has 0 saturated carbocycles. The predicted octanol–water partition coefficient (Wildman–Crippen LogP) is -2.94. The van der Waals surface area contributed by atoms with Gasteiger partial charge in [0, 0.05) is 6.42 Å². The van der Waals surface area contributed by atoms with Crippen molar-refractivity contribution in [2.24, 2.45) is 23.1 Å². The van der Waals surface area contributed by atoms with E-state index in [9.17, 15) is 33.9 Å². The van der Waals surface area contributed by atoms with Gasteiger partial charge in [-0.25, -0.2) is 4.79 Å². The van der Waals surface area contributed by atoms with Crippen LogP contribution in [-0.2, 0) is 28.8 Å². The number of hydrogen-bond acceptors (Lipinski definition) is 7. The quantitative estimate of drug-likeness (QED) is 0.146. The minimum Gasteiger partial charge on any atom is -0.480 e. The van der Waals surface area contributed by atoms with E-state index in [0.717, 1.165) is 0 Å². The van der Waals surface area contributed by atoms with Gasteiger partial charge in [-0.05, 0) is 19.3 Å². The van der Waals surface area contributed by atoms with Crippen LogP contribution in [0.5, 0.6) is 0 Å². The maximum absolute atomic E-state index is 12.6. The number of hydrogen-bond donors (Lipinski definition) is 7. The van der Waals surface area contributed by atoms with Gasteiger partial charge in [-0.1, -0.05) is 20.3 Å². The molecule has 31 heavy (non-hydrogen) atoms. The van der Waals surface area contributed by atoms with Crippen LogP contribution >= 0.6 is 0 Å². The fraction of sp³-hybridized carbons (Fsp3) is 0.667. The van der Waals surface area contributed by atoms with Gasteiger partial charge in [0.25, 0.3) is 0 Å². The van der Waals surface area contributed by atoms with Crippen LogP contribution < -0.4 is 33.2 Å². The number of carbonyl (C=O) groups excluding carboxylic acids is 5. The summed E-state index contributed by atoms with van der Waals surface area (Å²) in [6.45, 7) is 4.71. The van der Waals surface area contributed by atoms with Gasteiger partial charge in [-0.2, -0.15) is 0 Å². The molecule has 0 heterocycles. The molecule has 0 aliphatic carbocycles. The second-order valence-corrected chi connectivity index (χ2v) is 7.28. The van der Waals surface area contributed by atoms with E-state index in [1.807, 2.05) is 0 Å². The molecule has 0 aliphatic heterocycles. The molecule has 13 heteroatoms. The van der Waals surface area contributed by atoms with Crippen molar-refractivity contribution in [1.82, 2.24) is 16.0 Å². The van der Waals surface area contributed by atoms with Crippen LogP contribution in [0.3, 0.4) is 0 Å². The van der Waals surface area contributed by atoms with Crippen LogP contribution in [0, 0.1) is 5.92 Å². The smallest absolute Gasteiger partial charge is 0.326 e. The Balaban J connectivity index is 5.23. The van der Waals surface area contributed by atoms with Crippen molar-refractivity contribution in [3.05, 3.63) is 0 Å². The lowest BCUT2D eigenvalue weighted by atomic mass is 9.98. The number of rotatable bonds is 14. The highest BCUT2D eigenvalue weighted by molar-refractivity contribution is 5.95. The molecular formula is C18H32N6O7. The molecule has 5 amide bonds. The molecule has 0 rings (SSSR count). The van der Waals surface area contributed by atoms with Crippen molar-refractivity contribution >= 4 is 35.5 Å². The minimum atomic E-state index is -1.27. The molecule has 0 fully saturated rings. The molecule has 0 aromatic rings. The summed E-state index contributed by atoms with van der Waals surface area (Å²) in [6, 6.07) is -4.88. The molecule has 0 aromatic heterocycles. The second-order valence-electron chi connectivity index (χ2n) is 7.28. The third-order valence-corrected chi connectivity index (χ3v) is 4.60. The van der Waals surface area contributed by atoms with Crippen LogP contribution in [0.2, 0.25) is 0 Å². The van der Waals surface area contributed by atoms with Gasteiger partial charge in [-0.15, -0.1) is 0 Å². The van der Waals surface area contributed by atoms with Crippen molar-refractivity contribution in [3.63, 3.8) is 0 Å². The maximum atomic E-state index is 12.6. The molecule has 10 N–H and O–H groups in total. The molecule has 0 bridgehead atoms. The number of nitrogens with two attached hydrogens (primary N) is 3. The molecular weight excluding hydrogens is 412 g/mol. The van der Waals surface area contributed by atoms with E-state index in [1.165, 1.54) is 6.92 Å². The summed E-state index contributed by atoms with van der Waals surface area (Å²) in [7, 11) is 0. The lowest BCUT2D eigenvalue weighted by Crippen LogP contribution is -2.57. The molecule has 0 aromatic carbocycles. The van der Waals surface area contributed by atoms with E-state index in [-0.39, 0.29) is 18.8 Å². The fourth-order valence-corrected chi connectivity index (χ4v) is 2.48. The van der Waals surface area contributed by atoms with E-state index < -0.39 is 66.1 Å². The van der Waals surface area contributed by atoms with Gasteiger partial charge in [0.1, 0.15) is 18.1 Å². The standard InChI is InChI=1S/C18H32N6O7/c1-4-8(2)14(18(30)31)24-17(29)11(5-6-12(20)25)23-15(27)9(3)22-16(28)10(19)7-13(21)26/h8-11,14H,4-7,19H2,1-3H3,(H2,20,25)(H2,21,26)(H,22,28)(H,23,27)(H,24,29)(H,30,31). The topological polar surface area (TPSA) is 237 Å². The van der Waals surface area contributed by atoms with Gasteiger partial charge >= 0.3 is 5.97 Å². The first-order valence-corrected chi connectivity index (χ1v) is 9.76. The number of carboxylic acid groups (broad SMARTS) is 1. The fourth-order valence-electron chi connectivity index (χ4n) is 2.48. The predicted molar refractivity (Wildman–Crippen MR) is 109 cm³/mol. The van der Waals surface area contributed by atoms with Crippen molar-refractivity contribution in [1.29, 1.82) is 0 Å². The largest absolute Gasteiger partial charge is 0.480 e. The summed E-state index contributed by atoms with van der Waals surface area (Å²) in [5.74, 6) is -5.56. The Bertz CT molecular complexity index is 699. The van der Waals surface area contributed by atoms with Crippen molar-refractivity contribution < 1.29 is 33.9 Å². The lowest BCUT2D eigenvalue weighted by Gasteiger charge is -2.25. The summed E-state index contributed by atoms with van der Waals surface area (Å²) >= 11 is 0. The Morgan fingerprint density at radius 1 is 0.871 bits per heavy atom. The zero-order valence-corrected chi connectivity index (χ0v) is 17.8. The number of nitrogens with one attached hydrogen (secondary N) is 3. The molecule has 5 unspecified atom stereocenters. The average Bonchev–Trinajstić information content (AvgIpc) is 2.66. The van der Waals surface area contributed by atoms with Gasteiger partial charge in [0.15, 0.2) is 0 Å². The van der Waals surface area contributed by atoms with Crippen LogP contribution in [0.25, 0.3) is 0 Å². The Hall–Kier alpha value is -3.22. The number of primary amides is 2. The molecule has 13 nitrogen and oxygen atoms in total. The minimum absolute atomic E-state index is 0.179. The van der Waals surface area contributed by atoms with Crippen LogP contribution in [0.4, 0.5) is 0 Å². The summed E-state index contributed by atoms with van der Waals surface area (Å²) in [6.07, 6.45) is -0.370. The molecule has 0 radical (unpaired) electrons. The van der Waals surface area contributed by atoms with Crippen LogP contribution in [-0.4, -0.2) is 64.8 Å². The van der Waals surface area contributed by atoms with Gasteiger partial charge in [0.05, 0.1) is 12.5 Å². The summed E-state index contributed by atoms with van der Waals surface area (Å²) in [5, 5.41) is 16.3. The number of carbonyl (C=O) groups is 6. The highest BCUT2D eigenvalue weighted by atomic mass is 16.4. The normalized spacial score (nSPS) is 15.5. The Labute approximate surface area is 179 Å². The highest BCUT2D eigenvalue weighted by Crippen LogP contribution is 2.09. The third kappa shape index (κ3) is 10.4. The molecule has 5 atom stereocenters.